The highest BCUT2D eigenvalue weighted by Gasteiger charge is 2.09. The van der Waals surface area contributed by atoms with E-state index in [2.05, 4.69) is 20.6 Å². The van der Waals surface area contributed by atoms with Crippen LogP contribution < -0.4 is 10.6 Å². The molecule has 0 spiro atoms. The molecule has 0 saturated carbocycles. The highest BCUT2D eigenvalue weighted by Crippen LogP contribution is 2.21. The van der Waals surface area contributed by atoms with Gasteiger partial charge in [-0.15, -0.1) is 0 Å². The minimum absolute atomic E-state index is 0.103. The van der Waals surface area contributed by atoms with Crippen LogP contribution in [0.5, 0.6) is 0 Å². The number of carbonyl (C=O) groups is 1. The summed E-state index contributed by atoms with van der Waals surface area (Å²) in [6, 6.07) is 12.2. The third kappa shape index (κ3) is 4.77. The average molecular weight is 367 g/mol. The van der Waals surface area contributed by atoms with Gasteiger partial charge in [-0.2, -0.15) is 0 Å². The molecule has 0 radical (unpaired) electrons. The molecule has 0 aliphatic heterocycles. The van der Waals surface area contributed by atoms with E-state index in [1.54, 1.807) is 18.2 Å². The SMILES string of the molecule is CN(C)CCNC(=O)c1cccc(CNc2ncnc3c(F)cccc23)c1. The standard InChI is InChI=1S/C20H22FN5O/c1-26(2)10-9-22-20(27)15-6-3-5-14(11-15)12-23-19-16-7-4-8-17(21)18(16)24-13-25-19/h3-8,11,13H,9-10,12H2,1-2H3,(H,22,27)(H,23,24,25). The van der Waals surface area contributed by atoms with Gasteiger partial charge in [0.15, 0.2) is 0 Å². The predicted octanol–water partition coefficient (Wildman–Crippen LogP) is 2.67. The molecule has 0 bridgehead atoms. The number of carbonyl (C=O) groups excluding carboxylic acids is 1. The number of halogens is 1. The van der Waals surface area contributed by atoms with E-state index >= 15 is 0 Å². The number of nitrogens with one attached hydrogen (secondary N) is 2. The zero-order valence-corrected chi connectivity index (χ0v) is 15.4. The Bertz CT molecular complexity index is 945. The Labute approximate surface area is 157 Å². The van der Waals surface area contributed by atoms with Crippen molar-refractivity contribution >= 4 is 22.6 Å². The number of rotatable bonds is 7. The van der Waals surface area contributed by atoms with Crippen LogP contribution in [-0.4, -0.2) is 48.0 Å². The van der Waals surface area contributed by atoms with E-state index < -0.39 is 0 Å². The molecule has 1 heterocycles. The van der Waals surface area contributed by atoms with E-state index in [1.165, 1.54) is 12.4 Å². The van der Waals surface area contributed by atoms with Gasteiger partial charge in [-0.05, 0) is 43.9 Å². The fraction of sp³-hybridized carbons (Fsp3) is 0.250. The second kappa shape index (κ2) is 8.55. The van der Waals surface area contributed by atoms with Gasteiger partial charge in [-0.1, -0.05) is 18.2 Å². The van der Waals surface area contributed by atoms with Gasteiger partial charge < -0.3 is 15.5 Å². The van der Waals surface area contributed by atoms with E-state index in [9.17, 15) is 9.18 Å². The molecular weight excluding hydrogens is 345 g/mol. The highest BCUT2D eigenvalue weighted by atomic mass is 19.1. The molecule has 0 aliphatic rings. The average Bonchev–Trinajstić information content (AvgIpc) is 2.66. The molecule has 0 saturated heterocycles. The molecule has 3 aromatic rings. The van der Waals surface area contributed by atoms with E-state index in [0.717, 1.165) is 12.1 Å². The first-order valence-electron chi connectivity index (χ1n) is 8.69. The summed E-state index contributed by atoms with van der Waals surface area (Å²) < 4.78 is 13.9. The Morgan fingerprint density at radius 3 is 2.78 bits per heavy atom. The number of amides is 1. The number of hydrogen-bond donors (Lipinski definition) is 2. The van der Waals surface area contributed by atoms with E-state index in [-0.39, 0.29) is 17.2 Å². The van der Waals surface area contributed by atoms with Gasteiger partial charge in [0, 0.05) is 30.6 Å². The van der Waals surface area contributed by atoms with E-state index in [0.29, 0.717) is 29.9 Å². The molecule has 2 aromatic carbocycles. The number of hydrogen-bond acceptors (Lipinski definition) is 5. The summed E-state index contributed by atoms with van der Waals surface area (Å²) in [6.45, 7) is 1.83. The maximum Gasteiger partial charge on any atom is 0.251 e. The number of fused-ring (bicyclic) bond motifs is 1. The lowest BCUT2D eigenvalue weighted by molar-refractivity contribution is 0.0951. The number of para-hydroxylation sites is 1. The lowest BCUT2D eigenvalue weighted by Crippen LogP contribution is -2.31. The van der Waals surface area contributed by atoms with Crippen molar-refractivity contribution in [3.8, 4) is 0 Å². The summed E-state index contributed by atoms with van der Waals surface area (Å²) in [4.78, 5) is 22.5. The number of anilines is 1. The van der Waals surface area contributed by atoms with Crippen molar-refractivity contribution in [2.75, 3.05) is 32.5 Å². The largest absolute Gasteiger partial charge is 0.365 e. The van der Waals surface area contributed by atoms with Crippen LogP contribution in [0.25, 0.3) is 10.9 Å². The Kier molecular flexibility index (Phi) is 5.93. The first kappa shape index (κ1) is 18.7. The molecule has 1 amide bonds. The monoisotopic (exact) mass is 367 g/mol. The zero-order valence-electron chi connectivity index (χ0n) is 15.4. The first-order valence-corrected chi connectivity index (χ1v) is 8.69. The molecule has 27 heavy (non-hydrogen) atoms. The van der Waals surface area contributed by atoms with E-state index in [4.69, 9.17) is 0 Å². The minimum atomic E-state index is -0.380. The summed E-state index contributed by atoms with van der Waals surface area (Å²) >= 11 is 0. The fourth-order valence-corrected chi connectivity index (χ4v) is 2.70. The summed E-state index contributed by atoms with van der Waals surface area (Å²) in [5.41, 5.74) is 1.81. The van der Waals surface area contributed by atoms with Crippen LogP contribution in [0.1, 0.15) is 15.9 Å². The molecule has 0 atom stereocenters. The third-order valence-electron chi connectivity index (χ3n) is 4.11. The van der Waals surface area contributed by atoms with Crippen molar-refractivity contribution in [1.82, 2.24) is 20.2 Å². The van der Waals surface area contributed by atoms with Gasteiger partial charge in [-0.3, -0.25) is 4.79 Å². The molecule has 3 rings (SSSR count). The van der Waals surface area contributed by atoms with Gasteiger partial charge >= 0.3 is 0 Å². The topological polar surface area (TPSA) is 70.2 Å². The first-order chi connectivity index (χ1) is 13.0. The maximum absolute atomic E-state index is 13.9. The van der Waals surface area contributed by atoms with Crippen molar-refractivity contribution in [3.63, 3.8) is 0 Å². The maximum atomic E-state index is 13.9. The van der Waals surface area contributed by atoms with Gasteiger partial charge in [0.2, 0.25) is 0 Å². The number of benzene rings is 2. The molecule has 6 nitrogen and oxygen atoms in total. The van der Waals surface area contributed by atoms with Crippen molar-refractivity contribution in [2.24, 2.45) is 0 Å². The Balaban J connectivity index is 1.69. The van der Waals surface area contributed by atoms with Crippen molar-refractivity contribution < 1.29 is 9.18 Å². The van der Waals surface area contributed by atoms with Crippen molar-refractivity contribution in [3.05, 3.63) is 65.7 Å². The molecule has 1 aromatic heterocycles. The van der Waals surface area contributed by atoms with Crippen LogP contribution >= 0.6 is 0 Å². The number of nitrogens with zero attached hydrogens (tertiary/aromatic N) is 3. The Morgan fingerprint density at radius 2 is 1.96 bits per heavy atom. The zero-order chi connectivity index (χ0) is 19.2. The van der Waals surface area contributed by atoms with Gasteiger partial charge in [-0.25, -0.2) is 14.4 Å². The smallest absolute Gasteiger partial charge is 0.251 e. The van der Waals surface area contributed by atoms with Crippen LogP contribution in [0.3, 0.4) is 0 Å². The normalized spacial score (nSPS) is 11.0. The fourth-order valence-electron chi connectivity index (χ4n) is 2.70. The number of likely N-dealkylation sites (N-methyl/N-ethyl adjacent to an activating group) is 1. The highest BCUT2D eigenvalue weighted by molar-refractivity contribution is 5.94. The van der Waals surface area contributed by atoms with Crippen LogP contribution in [0.2, 0.25) is 0 Å². The Hall–Kier alpha value is -3.06. The lowest BCUT2D eigenvalue weighted by Gasteiger charge is -2.12. The van der Waals surface area contributed by atoms with Gasteiger partial charge in [0.05, 0.1) is 0 Å². The van der Waals surface area contributed by atoms with E-state index in [1.807, 2.05) is 37.2 Å². The van der Waals surface area contributed by atoms with Crippen LogP contribution in [0.15, 0.2) is 48.8 Å². The predicted molar refractivity (Wildman–Crippen MR) is 104 cm³/mol. The lowest BCUT2D eigenvalue weighted by atomic mass is 10.1. The second-order valence-electron chi connectivity index (χ2n) is 6.47. The van der Waals surface area contributed by atoms with Crippen LogP contribution in [-0.2, 0) is 6.54 Å². The summed E-state index contributed by atoms with van der Waals surface area (Å²) in [5, 5.41) is 6.72. The van der Waals surface area contributed by atoms with Crippen molar-refractivity contribution in [2.45, 2.75) is 6.54 Å². The molecule has 0 unspecified atom stereocenters. The summed E-state index contributed by atoms with van der Waals surface area (Å²) in [7, 11) is 3.92. The van der Waals surface area contributed by atoms with Crippen LogP contribution in [0.4, 0.5) is 10.2 Å². The minimum Gasteiger partial charge on any atom is -0.365 e. The second-order valence-corrected chi connectivity index (χ2v) is 6.47. The van der Waals surface area contributed by atoms with Gasteiger partial charge in [0.1, 0.15) is 23.5 Å². The van der Waals surface area contributed by atoms with Gasteiger partial charge in [0.25, 0.3) is 5.91 Å². The van der Waals surface area contributed by atoms with Crippen LogP contribution in [0, 0.1) is 5.82 Å². The third-order valence-corrected chi connectivity index (χ3v) is 4.11. The van der Waals surface area contributed by atoms with Crippen molar-refractivity contribution in [1.29, 1.82) is 0 Å². The summed E-state index contributed by atoms with van der Waals surface area (Å²) in [5.74, 6) is 0.0722. The molecule has 0 fully saturated rings. The molecule has 7 heteroatoms. The Morgan fingerprint density at radius 1 is 1.15 bits per heavy atom. The quantitative estimate of drug-likeness (QED) is 0.672. The summed E-state index contributed by atoms with van der Waals surface area (Å²) in [6.07, 6.45) is 1.34. The molecule has 0 aliphatic carbocycles. The molecule has 140 valence electrons. The molecular formula is C20H22FN5O. The molecule has 2 N–H and O–H groups in total. The number of aromatic nitrogens is 2.